The topological polar surface area (TPSA) is 134 Å². The van der Waals surface area contributed by atoms with Crippen LogP contribution in [0.3, 0.4) is 0 Å². The van der Waals surface area contributed by atoms with E-state index in [1.165, 1.54) is 0 Å². The fourth-order valence-electron chi connectivity index (χ4n) is 3.10. The van der Waals surface area contributed by atoms with Crippen LogP contribution in [0, 0.1) is 5.41 Å². The van der Waals surface area contributed by atoms with Gasteiger partial charge in [-0.25, -0.2) is 13.1 Å². The Bertz CT molecular complexity index is 1020. The number of nitrogens with one attached hydrogen (secondary N) is 3. The van der Waals surface area contributed by atoms with E-state index in [0.29, 0.717) is 35.4 Å². The first-order valence-electron chi connectivity index (χ1n) is 8.68. The number of amides is 1. The van der Waals surface area contributed by atoms with Gasteiger partial charge in [-0.1, -0.05) is 18.2 Å². The van der Waals surface area contributed by atoms with Crippen molar-refractivity contribution >= 4 is 27.5 Å². The minimum atomic E-state index is -3.77. The lowest BCUT2D eigenvalue weighted by atomic mass is 10.1. The zero-order valence-corrected chi connectivity index (χ0v) is 16.2. The Morgan fingerprint density at radius 3 is 2.82 bits per heavy atom. The third-order valence-corrected chi connectivity index (χ3v) is 5.86. The second kappa shape index (κ2) is 7.99. The number of hydrogen-bond acceptors (Lipinski definition) is 5. The molecule has 0 aromatic heterocycles. The summed E-state index contributed by atoms with van der Waals surface area (Å²) < 4.78 is 32.9. The third kappa shape index (κ3) is 4.68. The monoisotopic (exact) mass is 402 g/mol. The highest BCUT2D eigenvalue weighted by Crippen LogP contribution is 2.26. The van der Waals surface area contributed by atoms with Crippen LogP contribution in [0.2, 0.25) is 0 Å². The molecule has 9 heteroatoms. The highest BCUT2D eigenvalue weighted by Gasteiger charge is 2.28. The van der Waals surface area contributed by atoms with Gasteiger partial charge in [-0.15, -0.1) is 0 Å². The first-order chi connectivity index (χ1) is 13.3. The normalized spacial score (nSPS) is 16.6. The van der Waals surface area contributed by atoms with E-state index >= 15 is 0 Å². The van der Waals surface area contributed by atoms with Gasteiger partial charge in [-0.05, 0) is 48.2 Å². The van der Waals surface area contributed by atoms with Crippen molar-refractivity contribution in [2.75, 3.05) is 12.4 Å². The van der Waals surface area contributed by atoms with Gasteiger partial charge in [0.1, 0.15) is 17.6 Å². The Balaban J connectivity index is 1.73. The first-order valence-corrected chi connectivity index (χ1v) is 10.3. The molecule has 1 aliphatic rings. The Morgan fingerprint density at radius 2 is 2.11 bits per heavy atom. The number of benzene rings is 2. The summed E-state index contributed by atoms with van der Waals surface area (Å²) in [4.78, 5) is 12.5. The summed E-state index contributed by atoms with van der Waals surface area (Å²) in [5, 5.41) is 10.2. The zero-order chi connectivity index (χ0) is 20.3. The van der Waals surface area contributed by atoms with Crippen molar-refractivity contribution in [3.8, 4) is 5.75 Å². The number of ether oxygens (including phenoxy) is 1. The number of sulfonamides is 1. The van der Waals surface area contributed by atoms with Gasteiger partial charge in [0, 0.05) is 11.3 Å². The predicted molar refractivity (Wildman–Crippen MR) is 107 cm³/mol. The van der Waals surface area contributed by atoms with Crippen LogP contribution in [0.1, 0.15) is 23.1 Å². The molecule has 1 atom stereocenters. The van der Waals surface area contributed by atoms with Crippen molar-refractivity contribution < 1.29 is 17.9 Å². The van der Waals surface area contributed by atoms with Crippen molar-refractivity contribution in [1.82, 2.24) is 4.72 Å². The second-order valence-electron chi connectivity index (χ2n) is 6.59. The molecule has 5 N–H and O–H groups in total. The van der Waals surface area contributed by atoms with Crippen LogP contribution in [-0.2, 0) is 27.0 Å². The van der Waals surface area contributed by atoms with Gasteiger partial charge in [0.05, 0.1) is 12.9 Å². The Morgan fingerprint density at radius 1 is 1.32 bits per heavy atom. The highest BCUT2D eigenvalue weighted by atomic mass is 32.2. The molecule has 1 unspecified atom stereocenters. The average molecular weight is 402 g/mol. The number of aryl methyl sites for hydroxylation is 1. The zero-order valence-electron chi connectivity index (χ0n) is 15.4. The summed E-state index contributed by atoms with van der Waals surface area (Å²) in [6.45, 7) is 0. The highest BCUT2D eigenvalue weighted by molar-refractivity contribution is 7.88. The Hall–Kier alpha value is -2.91. The molecule has 0 bridgehead atoms. The summed E-state index contributed by atoms with van der Waals surface area (Å²) in [5.41, 5.74) is 7.93. The number of carbonyl (C=O) groups excluding carboxylic acids is 1. The SMILES string of the molecule is COc1ccc2c(c1)CCC(NS(=O)(=O)Cc1cccc(C(=N)N)c1)C(=O)N2. The molecule has 0 saturated carbocycles. The van der Waals surface area contributed by atoms with E-state index in [-0.39, 0.29) is 11.6 Å². The van der Waals surface area contributed by atoms with Crippen molar-refractivity contribution in [2.24, 2.45) is 5.73 Å². The summed E-state index contributed by atoms with van der Waals surface area (Å²) in [6.07, 6.45) is 0.858. The van der Waals surface area contributed by atoms with Crippen LogP contribution in [0.5, 0.6) is 5.75 Å². The number of nitrogens with two attached hydrogens (primary N) is 1. The molecule has 0 radical (unpaired) electrons. The van der Waals surface area contributed by atoms with E-state index in [0.717, 1.165) is 5.56 Å². The number of fused-ring (bicyclic) bond motifs is 1. The van der Waals surface area contributed by atoms with E-state index in [1.54, 1.807) is 43.5 Å². The number of carbonyl (C=O) groups is 1. The van der Waals surface area contributed by atoms with Crippen molar-refractivity contribution in [1.29, 1.82) is 5.41 Å². The number of nitrogen functional groups attached to an aromatic ring is 1. The number of amidine groups is 1. The smallest absolute Gasteiger partial charge is 0.242 e. The van der Waals surface area contributed by atoms with Crippen molar-refractivity contribution in [3.63, 3.8) is 0 Å². The van der Waals surface area contributed by atoms with Crippen molar-refractivity contribution in [2.45, 2.75) is 24.6 Å². The summed E-state index contributed by atoms with van der Waals surface area (Å²) in [6, 6.07) is 10.9. The number of hydrogen-bond donors (Lipinski definition) is 4. The van der Waals surface area contributed by atoms with Gasteiger partial charge in [0.15, 0.2) is 0 Å². The molecule has 28 heavy (non-hydrogen) atoms. The third-order valence-electron chi connectivity index (χ3n) is 4.51. The van der Waals surface area contributed by atoms with Gasteiger partial charge in [0.2, 0.25) is 15.9 Å². The van der Waals surface area contributed by atoms with Crippen LogP contribution in [0.25, 0.3) is 0 Å². The molecule has 0 saturated heterocycles. The maximum absolute atomic E-state index is 12.6. The summed E-state index contributed by atoms with van der Waals surface area (Å²) in [5.74, 6) is -0.163. The Labute approximate surface area is 163 Å². The number of methoxy groups -OCH3 is 1. The molecule has 148 valence electrons. The molecule has 1 amide bonds. The molecular weight excluding hydrogens is 380 g/mol. The molecule has 3 rings (SSSR count). The van der Waals surface area contributed by atoms with E-state index < -0.39 is 22.0 Å². The lowest BCUT2D eigenvalue weighted by Gasteiger charge is -2.15. The maximum Gasteiger partial charge on any atom is 0.242 e. The van der Waals surface area contributed by atoms with E-state index in [2.05, 4.69) is 10.0 Å². The Kier molecular flexibility index (Phi) is 5.66. The lowest BCUT2D eigenvalue weighted by molar-refractivity contribution is -0.117. The molecule has 1 aliphatic heterocycles. The minimum absolute atomic E-state index is 0.136. The average Bonchev–Trinajstić information content (AvgIpc) is 2.79. The van der Waals surface area contributed by atoms with Gasteiger partial charge >= 0.3 is 0 Å². The maximum atomic E-state index is 12.6. The quantitative estimate of drug-likeness (QED) is 0.427. The molecule has 2 aromatic carbocycles. The fourth-order valence-corrected chi connectivity index (χ4v) is 4.46. The molecule has 0 spiro atoms. The van der Waals surface area contributed by atoms with Crippen LogP contribution >= 0.6 is 0 Å². The molecular formula is C19H22N4O4S. The fraction of sp³-hybridized carbons (Fsp3) is 0.263. The van der Waals surface area contributed by atoms with E-state index in [1.807, 2.05) is 6.07 Å². The molecule has 0 aliphatic carbocycles. The number of rotatable bonds is 6. The summed E-state index contributed by atoms with van der Waals surface area (Å²) in [7, 11) is -2.21. The lowest BCUT2D eigenvalue weighted by Crippen LogP contribution is -2.43. The standard InChI is InChI=1S/C19H22N4O4S/c1-27-15-6-8-16-13(10-15)5-7-17(19(24)22-16)23-28(25,26)11-12-3-2-4-14(9-12)18(20)21/h2-4,6,8-10,17,23H,5,7,11H2,1H3,(H3,20,21)(H,22,24). The molecule has 8 nitrogen and oxygen atoms in total. The van der Waals surface area contributed by atoms with Gasteiger partial charge in [-0.2, -0.15) is 0 Å². The predicted octanol–water partition coefficient (Wildman–Crippen LogP) is 1.35. The van der Waals surface area contributed by atoms with Crippen LogP contribution in [0.4, 0.5) is 5.69 Å². The molecule has 0 fully saturated rings. The summed E-state index contributed by atoms with van der Waals surface area (Å²) >= 11 is 0. The number of anilines is 1. The largest absolute Gasteiger partial charge is 0.497 e. The molecule has 1 heterocycles. The van der Waals surface area contributed by atoms with Crippen LogP contribution < -0.4 is 20.5 Å². The van der Waals surface area contributed by atoms with Crippen molar-refractivity contribution in [3.05, 3.63) is 59.2 Å². The van der Waals surface area contributed by atoms with E-state index in [4.69, 9.17) is 15.9 Å². The second-order valence-corrected chi connectivity index (χ2v) is 8.35. The van der Waals surface area contributed by atoms with E-state index in [9.17, 15) is 13.2 Å². The van der Waals surface area contributed by atoms with Gasteiger partial charge in [0.25, 0.3) is 0 Å². The van der Waals surface area contributed by atoms with Gasteiger partial charge in [-0.3, -0.25) is 10.2 Å². The minimum Gasteiger partial charge on any atom is -0.497 e. The molecule has 2 aromatic rings. The van der Waals surface area contributed by atoms with Crippen LogP contribution in [0.15, 0.2) is 42.5 Å². The van der Waals surface area contributed by atoms with Crippen LogP contribution in [-0.4, -0.2) is 33.3 Å². The van der Waals surface area contributed by atoms with Gasteiger partial charge < -0.3 is 15.8 Å². The first kappa shape index (κ1) is 19.8.